The maximum absolute atomic E-state index is 13.0. The highest BCUT2D eigenvalue weighted by Crippen LogP contribution is 2.25. The molecular formula is C25H31N5O2. The largest absolute Gasteiger partial charge is 0.336 e. The van der Waals surface area contributed by atoms with Gasteiger partial charge < -0.3 is 15.1 Å². The van der Waals surface area contributed by atoms with E-state index in [1.54, 1.807) is 11.1 Å². The molecule has 0 radical (unpaired) electrons. The van der Waals surface area contributed by atoms with E-state index in [9.17, 15) is 9.59 Å². The number of benzene rings is 1. The zero-order chi connectivity index (χ0) is 21.9. The molecule has 7 nitrogen and oxygen atoms in total. The Hall–Kier alpha value is -2.93. The van der Waals surface area contributed by atoms with Gasteiger partial charge in [-0.1, -0.05) is 19.3 Å². The molecule has 0 unspecified atom stereocenters. The van der Waals surface area contributed by atoms with Gasteiger partial charge in [0.05, 0.1) is 0 Å². The summed E-state index contributed by atoms with van der Waals surface area (Å²) in [6, 6.07) is 9.78. The first-order chi connectivity index (χ1) is 15.7. The second kappa shape index (κ2) is 9.28. The second-order valence-electron chi connectivity index (χ2n) is 9.13. The van der Waals surface area contributed by atoms with Crippen molar-refractivity contribution >= 4 is 17.6 Å². The normalized spacial score (nSPS) is 19.6. The molecule has 1 aromatic heterocycles. The molecule has 32 heavy (non-hydrogen) atoms. The molecule has 2 aromatic rings. The Bertz CT molecular complexity index is 938. The first-order valence-corrected chi connectivity index (χ1v) is 11.8. The Morgan fingerprint density at radius 2 is 1.56 bits per heavy atom. The van der Waals surface area contributed by atoms with Crippen molar-refractivity contribution in [1.82, 2.24) is 19.7 Å². The number of nitrogens with one attached hydrogen (secondary N) is 1. The minimum Gasteiger partial charge on any atom is -0.336 e. The maximum atomic E-state index is 13.0. The molecule has 3 heterocycles. The number of pyridine rings is 1. The van der Waals surface area contributed by atoms with Crippen molar-refractivity contribution in [2.75, 3.05) is 31.5 Å². The molecule has 1 saturated carbocycles. The summed E-state index contributed by atoms with van der Waals surface area (Å²) < 4.78 is 0. The van der Waals surface area contributed by atoms with Gasteiger partial charge in [0.25, 0.3) is 5.91 Å². The highest BCUT2D eigenvalue weighted by molar-refractivity contribution is 5.95. The summed E-state index contributed by atoms with van der Waals surface area (Å²) in [6.07, 6.45) is 10.2. The zero-order valence-corrected chi connectivity index (χ0v) is 18.5. The summed E-state index contributed by atoms with van der Waals surface area (Å²) in [5.41, 5.74) is 3.60. The molecule has 0 atom stereocenters. The molecule has 3 amide bonds. The summed E-state index contributed by atoms with van der Waals surface area (Å²) in [5.74, 6) is 0.0775. The quantitative estimate of drug-likeness (QED) is 0.801. The van der Waals surface area contributed by atoms with Gasteiger partial charge in [0, 0.05) is 69.0 Å². The van der Waals surface area contributed by atoms with Crippen LogP contribution in [-0.4, -0.2) is 63.8 Å². The number of anilines is 1. The fraction of sp³-hybridized carbons (Fsp3) is 0.480. The number of carbonyl (C=O) groups is 2. The average molecular weight is 434 g/mol. The molecule has 2 aliphatic heterocycles. The number of rotatable bonds is 3. The summed E-state index contributed by atoms with van der Waals surface area (Å²) in [6.45, 7) is 4.68. The lowest BCUT2D eigenvalue weighted by Crippen LogP contribution is -2.52. The zero-order valence-electron chi connectivity index (χ0n) is 18.5. The van der Waals surface area contributed by atoms with E-state index in [4.69, 9.17) is 0 Å². The van der Waals surface area contributed by atoms with E-state index in [2.05, 4.69) is 15.2 Å². The number of piperazine rings is 1. The van der Waals surface area contributed by atoms with Crippen LogP contribution in [0.4, 0.5) is 10.5 Å². The molecule has 1 aliphatic carbocycles. The molecule has 3 aliphatic rings. The predicted octanol–water partition coefficient (Wildman–Crippen LogP) is 3.72. The van der Waals surface area contributed by atoms with E-state index < -0.39 is 0 Å². The first-order valence-electron chi connectivity index (χ1n) is 11.8. The number of hydrogen-bond acceptors (Lipinski definition) is 4. The van der Waals surface area contributed by atoms with Crippen LogP contribution >= 0.6 is 0 Å². The van der Waals surface area contributed by atoms with E-state index in [1.807, 2.05) is 41.4 Å². The molecular weight excluding hydrogens is 402 g/mol. The Morgan fingerprint density at radius 3 is 2.28 bits per heavy atom. The van der Waals surface area contributed by atoms with Crippen LogP contribution in [-0.2, 0) is 13.1 Å². The average Bonchev–Trinajstić information content (AvgIpc) is 3.29. The monoisotopic (exact) mass is 433 g/mol. The second-order valence-corrected chi connectivity index (χ2v) is 9.13. The van der Waals surface area contributed by atoms with Gasteiger partial charge in [-0.3, -0.25) is 14.7 Å². The standard InChI is InChI=1S/C25H31N5O2/c31-24(29-14-12-28(13-15-29)23-4-2-1-3-5-23)19-6-8-22(9-7-19)27-25(32)30-17-20-10-11-26-16-21(20)18-30/h6-11,16,23H,1-5,12-15,17-18H2,(H,27,32). The van der Waals surface area contributed by atoms with E-state index in [-0.39, 0.29) is 11.9 Å². The topological polar surface area (TPSA) is 68.8 Å². The van der Waals surface area contributed by atoms with Crippen molar-refractivity contribution in [2.24, 2.45) is 0 Å². The van der Waals surface area contributed by atoms with Crippen LogP contribution in [0.25, 0.3) is 0 Å². The molecule has 0 bridgehead atoms. The minimum absolute atomic E-state index is 0.0775. The Labute approximate surface area is 189 Å². The molecule has 1 aromatic carbocycles. The molecule has 1 N–H and O–H groups in total. The lowest BCUT2D eigenvalue weighted by molar-refractivity contribution is 0.0523. The van der Waals surface area contributed by atoms with Gasteiger partial charge in [-0.2, -0.15) is 0 Å². The van der Waals surface area contributed by atoms with Gasteiger partial charge in [-0.15, -0.1) is 0 Å². The number of nitrogens with zero attached hydrogens (tertiary/aromatic N) is 4. The molecule has 7 heteroatoms. The number of amides is 3. The molecule has 1 saturated heterocycles. The highest BCUT2D eigenvalue weighted by Gasteiger charge is 2.28. The van der Waals surface area contributed by atoms with Gasteiger partial charge in [0.1, 0.15) is 0 Å². The number of hydrogen-bond donors (Lipinski definition) is 1. The van der Waals surface area contributed by atoms with Crippen molar-refractivity contribution in [2.45, 2.75) is 51.2 Å². The minimum atomic E-state index is -0.140. The lowest BCUT2D eigenvalue weighted by atomic mass is 9.94. The fourth-order valence-corrected chi connectivity index (χ4v) is 5.18. The van der Waals surface area contributed by atoms with E-state index >= 15 is 0 Å². The van der Waals surface area contributed by atoms with Gasteiger partial charge in [0.2, 0.25) is 0 Å². The van der Waals surface area contributed by atoms with Gasteiger partial charge in [-0.05, 0) is 54.3 Å². The third-order valence-corrected chi connectivity index (χ3v) is 7.09. The van der Waals surface area contributed by atoms with E-state index in [1.165, 1.54) is 32.1 Å². The molecule has 168 valence electrons. The smallest absolute Gasteiger partial charge is 0.322 e. The van der Waals surface area contributed by atoms with Gasteiger partial charge in [-0.25, -0.2) is 4.79 Å². The third-order valence-electron chi connectivity index (χ3n) is 7.09. The Kier molecular flexibility index (Phi) is 6.08. The summed E-state index contributed by atoms with van der Waals surface area (Å²) in [4.78, 5) is 36.0. The van der Waals surface area contributed by atoms with Crippen molar-refractivity contribution in [1.29, 1.82) is 0 Å². The summed E-state index contributed by atoms with van der Waals surface area (Å²) in [7, 11) is 0. The van der Waals surface area contributed by atoms with Gasteiger partial charge in [0.15, 0.2) is 0 Å². The van der Waals surface area contributed by atoms with E-state index in [0.717, 1.165) is 37.3 Å². The number of carbonyl (C=O) groups excluding carboxylic acids is 2. The lowest BCUT2D eigenvalue weighted by Gasteiger charge is -2.40. The Balaban J connectivity index is 1.13. The van der Waals surface area contributed by atoms with Crippen LogP contribution in [0.1, 0.15) is 53.6 Å². The first kappa shape index (κ1) is 20.9. The SMILES string of the molecule is O=C(Nc1ccc(C(=O)N2CCN(C3CCCCC3)CC2)cc1)N1Cc2ccncc2C1. The van der Waals surface area contributed by atoms with Crippen LogP contribution < -0.4 is 5.32 Å². The van der Waals surface area contributed by atoms with Crippen molar-refractivity contribution in [3.63, 3.8) is 0 Å². The van der Waals surface area contributed by atoms with Crippen LogP contribution in [0.5, 0.6) is 0 Å². The maximum Gasteiger partial charge on any atom is 0.322 e. The third kappa shape index (κ3) is 4.48. The van der Waals surface area contributed by atoms with Crippen LogP contribution in [0.15, 0.2) is 42.7 Å². The van der Waals surface area contributed by atoms with Crippen molar-refractivity contribution in [3.05, 3.63) is 59.4 Å². The summed E-state index contributed by atoms with van der Waals surface area (Å²) >= 11 is 0. The van der Waals surface area contributed by atoms with Crippen LogP contribution in [0.3, 0.4) is 0 Å². The van der Waals surface area contributed by atoms with Gasteiger partial charge >= 0.3 is 6.03 Å². The number of urea groups is 1. The molecule has 2 fully saturated rings. The number of aromatic nitrogens is 1. The van der Waals surface area contributed by atoms with Crippen LogP contribution in [0.2, 0.25) is 0 Å². The highest BCUT2D eigenvalue weighted by atomic mass is 16.2. The fourth-order valence-electron chi connectivity index (χ4n) is 5.18. The number of fused-ring (bicyclic) bond motifs is 1. The van der Waals surface area contributed by atoms with Crippen molar-refractivity contribution < 1.29 is 9.59 Å². The Morgan fingerprint density at radius 1 is 0.844 bits per heavy atom. The van der Waals surface area contributed by atoms with E-state index in [0.29, 0.717) is 30.4 Å². The molecule has 5 rings (SSSR count). The predicted molar refractivity (Wildman–Crippen MR) is 123 cm³/mol. The summed E-state index contributed by atoms with van der Waals surface area (Å²) in [5, 5.41) is 2.94. The molecule has 0 spiro atoms. The van der Waals surface area contributed by atoms with Crippen molar-refractivity contribution in [3.8, 4) is 0 Å². The van der Waals surface area contributed by atoms with Crippen LogP contribution in [0, 0.1) is 0 Å².